The Kier molecular flexibility index (Phi) is 4.00. The quantitative estimate of drug-likeness (QED) is 0.775. The van der Waals surface area contributed by atoms with Crippen LogP contribution in [0.25, 0.3) is 0 Å². The lowest BCUT2D eigenvalue weighted by Gasteiger charge is -2.48. The summed E-state index contributed by atoms with van der Waals surface area (Å²) in [5.74, 6) is 0.660. The predicted molar refractivity (Wildman–Crippen MR) is 82.4 cm³/mol. The summed E-state index contributed by atoms with van der Waals surface area (Å²) >= 11 is 0. The first kappa shape index (κ1) is 14.5. The largest absolute Gasteiger partial charge is 0.458 e. The average molecular weight is 288 g/mol. The first-order chi connectivity index (χ1) is 10.0. The van der Waals surface area contributed by atoms with Crippen molar-refractivity contribution in [3.05, 3.63) is 35.4 Å². The molecule has 0 aromatic heterocycles. The van der Waals surface area contributed by atoms with E-state index < -0.39 is 0 Å². The first-order valence-corrected chi connectivity index (χ1v) is 7.67. The van der Waals surface area contributed by atoms with Crippen molar-refractivity contribution in [2.75, 3.05) is 40.3 Å². The molecule has 0 radical (unpaired) electrons. The Hall–Kier alpha value is -1.39. The molecule has 0 spiro atoms. The van der Waals surface area contributed by atoms with Crippen LogP contribution in [0.15, 0.2) is 24.3 Å². The summed E-state index contributed by atoms with van der Waals surface area (Å²) in [7, 11) is 4.31. The minimum atomic E-state index is -0.177. The van der Waals surface area contributed by atoms with Crippen LogP contribution in [0.5, 0.6) is 0 Å². The number of carbonyl (C=O) groups is 1. The number of rotatable bonds is 2. The topological polar surface area (TPSA) is 32.8 Å². The molecule has 0 amide bonds. The van der Waals surface area contributed by atoms with Crippen molar-refractivity contribution in [2.24, 2.45) is 11.8 Å². The Morgan fingerprint density at radius 2 is 1.48 bits per heavy atom. The monoisotopic (exact) mass is 288 g/mol. The van der Waals surface area contributed by atoms with Crippen LogP contribution in [0, 0.1) is 18.8 Å². The Bertz CT molecular complexity index is 484. The molecule has 4 nitrogen and oxygen atoms in total. The average Bonchev–Trinajstić information content (AvgIpc) is 2.41. The van der Waals surface area contributed by atoms with E-state index in [4.69, 9.17) is 4.74 Å². The second-order valence-electron chi connectivity index (χ2n) is 6.70. The van der Waals surface area contributed by atoms with Crippen LogP contribution in [0.1, 0.15) is 15.9 Å². The number of carbonyl (C=O) groups excluding carboxylic acids is 1. The number of piperidine rings is 2. The molecule has 2 fully saturated rings. The molecule has 2 aliphatic rings. The molecule has 2 aliphatic heterocycles. The third-order valence-electron chi connectivity index (χ3n) is 4.64. The first-order valence-electron chi connectivity index (χ1n) is 7.67. The van der Waals surface area contributed by atoms with E-state index in [0.717, 1.165) is 31.7 Å². The number of aryl methyl sites for hydroxylation is 1. The van der Waals surface area contributed by atoms with Crippen LogP contribution in [-0.4, -0.2) is 62.1 Å². The number of hydrogen-bond donors (Lipinski definition) is 0. The lowest BCUT2D eigenvalue weighted by molar-refractivity contribution is -0.0792. The zero-order valence-electron chi connectivity index (χ0n) is 13.1. The molecule has 0 unspecified atom stereocenters. The smallest absolute Gasteiger partial charge is 0.338 e. The molecule has 21 heavy (non-hydrogen) atoms. The number of ether oxygens (including phenoxy) is 1. The van der Waals surface area contributed by atoms with Crippen molar-refractivity contribution in [3.8, 4) is 0 Å². The Morgan fingerprint density at radius 3 is 1.95 bits per heavy atom. The molecular weight excluding hydrogens is 264 g/mol. The van der Waals surface area contributed by atoms with Crippen LogP contribution in [0.3, 0.4) is 0 Å². The second kappa shape index (κ2) is 5.78. The van der Waals surface area contributed by atoms with Crippen LogP contribution >= 0.6 is 0 Å². The van der Waals surface area contributed by atoms with E-state index in [1.165, 1.54) is 0 Å². The molecule has 4 heteroatoms. The number of nitrogens with zero attached hydrogens (tertiary/aromatic N) is 2. The zero-order chi connectivity index (χ0) is 15.0. The Morgan fingerprint density at radius 1 is 1.00 bits per heavy atom. The van der Waals surface area contributed by atoms with Crippen molar-refractivity contribution < 1.29 is 9.53 Å². The zero-order valence-corrected chi connectivity index (χ0v) is 13.1. The maximum absolute atomic E-state index is 12.4. The Labute approximate surface area is 126 Å². The summed E-state index contributed by atoms with van der Waals surface area (Å²) in [6.07, 6.45) is 0.0613. The van der Waals surface area contributed by atoms with Crippen LogP contribution in [-0.2, 0) is 4.74 Å². The molecule has 0 aliphatic carbocycles. The van der Waals surface area contributed by atoms with Crippen molar-refractivity contribution >= 4 is 5.97 Å². The molecule has 2 saturated heterocycles. The summed E-state index contributed by atoms with van der Waals surface area (Å²) in [4.78, 5) is 17.1. The van der Waals surface area contributed by atoms with Gasteiger partial charge >= 0.3 is 5.97 Å². The third-order valence-corrected chi connectivity index (χ3v) is 4.64. The normalized spacial score (nSPS) is 30.1. The summed E-state index contributed by atoms with van der Waals surface area (Å²) in [5.41, 5.74) is 1.82. The molecule has 1 aromatic carbocycles. The van der Waals surface area contributed by atoms with Gasteiger partial charge in [0.1, 0.15) is 6.10 Å². The van der Waals surface area contributed by atoms with Crippen molar-refractivity contribution in [1.82, 2.24) is 9.80 Å². The second-order valence-corrected chi connectivity index (χ2v) is 6.70. The van der Waals surface area contributed by atoms with Gasteiger partial charge in [0.2, 0.25) is 0 Å². The van der Waals surface area contributed by atoms with Gasteiger partial charge < -0.3 is 14.5 Å². The van der Waals surface area contributed by atoms with E-state index in [1.54, 1.807) is 0 Å². The van der Waals surface area contributed by atoms with Crippen LogP contribution < -0.4 is 0 Å². The van der Waals surface area contributed by atoms with Gasteiger partial charge in [-0.3, -0.25) is 0 Å². The van der Waals surface area contributed by atoms with E-state index in [-0.39, 0.29) is 12.1 Å². The number of fused-ring (bicyclic) bond motifs is 2. The molecular formula is C17H24N2O2. The van der Waals surface area contributed by atoms with Gasteiger partial charge in [-0.05, 0) is 33.2 Å². The number of likely N-dealkylation sites (tertiary alicyclic amines) is 2. The van der Waals surface area contributed by atoms with Gasteiger partial charge in [0, 0.05) is 38.0 Å². The van der Waals surface area contributed by atoms with Gasteiger partial charge in [0.15, 0.2) is 0 Å². The lowest BCUT2D eigenvalue weighted by Crippen LogP contribution is -2.59. The van der Waals surface area contributed by atoms with Crippen molar-refractivity contribution in [3.63, 3.8) is 0 Å². The third kappa shape index (κ3) is 3.11. The summed E-state index contributed by atoms with van der Waals surface area (Å²) in [6, 6.07) is 7.63. The van der Waals surface area contributed by atoms with Crippen LogP contribution in [0.4, 0.5) is 0 Å². The maximum Gasteiger partial charge on any atom is 0.338 e. The fraction of sp³-hybridized carbons (Fsp3) is 0.588. The SMILES string of the molecule is Cc1ccc(C(=O)OC2C3CN(C)CC2CN(C)C3)cc1. The highest BCUT2D eigenvalue weighted by molar-refractivity contribution is 5.89. The summed E-state index contributed by atoms with van der Waals surface area (Å²) < 4.78 is 5.89. The molecule has 114 valence electrons. The maximum atomic E-state index is 12.4. The van der Waals surface area contributed by atoms with Gasteiger partial charge in [-0.1, -0.05) is 17.7 Å². The highest BCUT2D eigenvalue weighted by Gasteiger charge is 2.42. The molecule has 1 aromatic rings. The standard InChI is InChI=1S/C17H24N2O2/c1-12-4-6-13(7-5-12)17(20)21-16-14-8-18(2)9-15(16)11-19(3)10-14/h4-7,14-16H,8-11H2,1-3H3. The molecule has 0 N–H and O–H groups in total. The minimum Gasteiger partial charge on any atom is -0.458 e. The van der Waals surface area contributed by atoms with Crippen molar-refractivity contribution in [2.45, 2.75) is 13.0 Å². The van der Waals surface area contributed by atoms with E-state index >= 15 is 0 Å². The molecule has 0 saturated carbocycles. The predicted octanol–water partition coefficient (Wildman–Crippen LogP) is 1.64. The van der Waals surface area contributed by atoms with Gasteiger partial charge in [-0.25, -0.2) is 4.79 Å². The fourth-order valence-corrected chi connectivity index (χ4v) is 3.74. The van der Waals surface area contributed by atoms with Gasteiger partial charge in [-0.15, -0.1) is 0 Å². The molecule has 3 rings (SSSR count). The Balaban J connectivity index is 1.72. The molecule has 2 heterocycles. The summed E-state index contributed by atoms with van der Waals surface area (Å²) in [6.45, 7) is 6.05. The van der Waals surface area contributed by atoms with E-state index in [9.17, 15) is 4.79 Å². The molecule has 2 bridgehead atoms. The van der Waals surface area contributed by atoms with E-state index in [2.05, 4.69) is 23.9 Å². The summed E-state index contributed by atoms with van der Waals surface area (Å²) in [5, 5.41) is 0. The van der Waals surface area contributed by atoms with E-state index in [0.29, 0.717) is 17.4 Å². The van der Waals surface area contributed by atoms with Gasteiger partial charge in [0.25, 0.3) is 0 Å². The molecule has 0 atom stereocenters. The highest BCUT2D eigenvalue weighted by atomic mass is 16.5. The highest BCUT2D eigenvalue weighted by Crippen LogP contribution is 2.30. The van der Waals surface area contributed by atoms with E-state index in [1.807, 2.05) is 31.2 Å². The number of hydrogen-bond acceptors (Lipinski definition) is 4. The van der Waals surface area contributed by atoms with Gasteiger partial charge in [-0.2, -0.15) is 0 Å². The number of benzene rings is 1. The minimum absolute atomic E-state index is 0.0613. The van der Waals surface area contributed by atoms with Crippen molar-refractivity contribution in [1.29, 1.82) is 0 Å². The fourth-order valence-electron chi connectivity index (χ4n) is 3.74. The van der Waals surface area contributed by atoms with Crippen LogP contribution in [0.2, 0.25) is 0 Å². The number of esters is 1. The van der Waals surface area contributed by atoms with Gasteiger partial charge in [0.05, 0.1) is 5.56 Å². The lowest BCUT2D eigenvalue weighted by atomic mass is 9.82.